The predicted octanol–water partition coefficient (Wildman–Crippen LogP) is 3.59. The standard InChI is InChI=1S/C16H19F2N3O3S/c1-9(2)10(3)19-13(22)8-25-16-21-20-14(24-16)11-4-6-12(7-5-11)23-15(17)18/h4-7,9-10,15H,8H2,1-3H3,(H,19,22). The lowest BCUT2D eigenvalue weighted by atomic mass is 10.1. The summed E-state index contributed by atoms with van der Waals surface area (Å²) in [7, 11) is 0. The molecule has 0 bridgehead atoms. The van der Waals surface area contributed by atoms with E-state index in [0.717, 1.165) is 11.8 Å². The van der Waals surface area contributed by atoms with Gasteiger partial charge in [0.2, 0.25) is 11.8 Å². The molecule has 6 nitrogen and oxygen atoms in total. The van der Waals surface area contributed by atoms with Crippen molar-refractivity contribution in [1.82, 2.24) is 15.5 Å². The second kappa shape index (κ2) is 8.80. The van der Waals surface area contributed by atoms with Crippen molar-refractivity contribution in [2.24, 2.45) is 5.92 Å². The third-order valence-corrected chi connectivity index (χ3v) is 4.27. The number of thioether (sulfide) groups is 1. The quantitative estimate of drug-likeness (QED) is 0.715. The van der Waals surface area contributed by atoms with Gasteiger partial charge < -0.3 is 14.5 Å². The molecule has 1 atom stereocenters. The Balaban J connectivity index is 1.90. The maximum atomic E-state index is 12.1. The molecule has 0 saturated carbocycles. The fraction of sp³-hybridized carbons (Fsp3) is 0.438. The van der Waals surface area contributed by atoms with Crippen LogP contribution < -0.4 is 10.1 Å². The molecule has 1 N–H and O–H groups in total. The van der Waals surface area contributed by atoms with Crippen molar-refractivity contribution in [3.05, 3.63) is 24.3 Å². The van der Waals surface area contributed by atoms with E-state index < -0.39 is 6.61 Å². The molecule has 0 fully saturated rings. The third kappa shape index (κ3) is 6.00. The molecule has 1 aromatic heterocycles. The topological polar surface area (TPSA) is 77.2 Å². The van der Waals surface area contributed by atoms with Gasteiger partial charge in [-0.3, -0.25) is 4.79 Å². The molecule has 2 aromatic rings. The first-order valence-electron chi connectivity index (χ1n) is 7.66. The highest BCUT2D eigenvalue weighted by Gasteiger charge is 2.14. The Labute approximate surface area is 148 Å². The van der Waals surface area contributed by atoms with Crippen LogP contribution in [-0.4, -0.2) is 34.5 Å². The predicted molar refractivity (Wildman–Crippen MR) is 89.5 cm³/mol. The molecule has 136 valence electrons. The molecule has 1 heterocycles. The van der Waals surface area contributed by atoms with E-state index in [4.69, 9.17) is 4.42 Å². The second-order valence-electron chi connectivity index (χ2n) is 5.66. The number of nitrogens with zero attached hydrogens (tertiary/aromatic N) is 2. The third-order valence-electron chi connectivity index (χ3n) is 3.45. The summed E-state index contributed by atoms with van der Waals surface area (Å²) in [6.45, 7) is 3.13. The summed E-state index contributed by atoms with van der Waals surface area (Å²) in [5.74, 6) is 0.686. The maximum absolute atomic E-state index is 12.1. The number of amides is 1. The molecule has 9 heteroatoms. The van der Waals surface area contributed by atoms with Gasteiger partial charge in [-0.15, -0.1) is 10.2 Å². The number of hydrogen-bond acceptors (Lipinski definition) is 6. The van der Waals surface area contributed by atoms with Gasteiger partial charge in [-0.25, -0.2) is 0 Å². The summed E-state index contributed by atoms with van der Waals surface area (Å²) >= 11 is 1.13. The van der Waals surface area contributed by atoms with Crippen LogP contribution in [0.3, 0.4) is 0 Å². The van der Waals surface area contributed by atoms with Crippen LogP contribution in [0, 0.1) is 5.92 Å². The second-order valence-corrected chi connectivity index (χ2v) is 6.59. The van der Waals surface area contributed by atoms with Crippen molar-refractivity contribution >= 4 is 17.7 Å². The molecule has 0 saturated heterocycles. The smallest absolute Gasteiger partial charge is 0.387 e. The van der Waals surface area contributed by atoms with Crippen LogP contribution >= 0.6 is 11.8 Å². The average molecular weight is 371 g/mol. The van der Waals surface area contributed by atoms with Crippen molar-refractivity contribution in [2.45, 2.75) is 38.6 Å². The summed E-state index contributed by atoms with van der Waals surface area (Å²) < 4.78 is 34.0. The van der Waals surface area contributed by atoms with E-state index in [0.29, 0.717) is 11.5 Å². The lowest BCUT2D eigenvalue weighted by Gasteiger charge is -2.16. The van der Waals surface area contributed by atoms with Crippen LogP contribution in [0.25, 0.3) is 11.5 Å². The molecule has 1 aromatic carbocycles. The van der Waals surface area contributed by atoms with Crippen LogP contribution in [-0.2, 0) is 4.79 Å². The van der Waals surface area contributed by atoms with E-state index in [2.05, 4.69) is 20.3 Å². The van der Waals surface area contributed by atoms with E-state index in [-0.39, 0.29) is 34.6 Å². The largest absolute Gasteiger partial charge is 0.435 e. The molecule has 1 amide bonds. The molecular weight excluding hydrogens is 352 g/mol. The Hall–Kier alpha value is -2.16. The number of carbonyl (C=O) groups excluding carboxylic acids is 1. The minimum Gasteiger partial charge on any atom is -0.435 e. The molecule has 0 radical (unpaired) electrons. The molecule has 2 rings (SSSR count). The van der Waals surface area contributed by atoms with Crippen molar-refractivity contribution in [1.29, 1.82) is 0 Å². The number of ether oxygens (including phenoxy) is 1. The monoisotopic (exact) mass is 371 g/mol. The number of aromatic nitrogens is 2. The molecular formula is C16H19F2N3O3S. The Morgan fingerprint density at radius 2 is 1.92 bits per heavy atom. The number of benzene rings is 1. The van der Waals surface area contributed by atoms with Crippen LogP contribution in [0.15, 0.2) is 33.9 Å². The first-order chi connectivity index (χ1) is 11.8. The average Bonchev–Trinajstić information content (AvgIpc) is 3.02. The van der Waals surface area contributed by atoms with E-state index in [1.54, 1.807) is 0 Å². The fourth-order valence-corrected chi connectivity index (χ4v) is 2.33. The highest BCUT2D eigenvalue weighted by atomic mass is 32.2. The minimum absolute atomic E-state index is 0.0452. The Bertz CT molecular complexity index is 692. The zero-order valence-electron chi connectivity index (χ0n) is 14.0. The summed E-state index contributed by atoms with van der Waals surface area (Å²) in [5.41, 5.74) is 0.568. The summed E-state index contributed by atoms with van der Waals surface area (Å²) in [4.78, 5) is 11.8. The van der Waals surface area contributed by atoms with Crippen LogP contribution in [0.5, 0.6) is 5.75 Å². The normalized spacial score (nSPS) is 12.4. The SMILES string of the molecule is CC(C)C(C)NC(=O)CSc1nnc(-c2ccc(OC(F)F)cc2)o1. The van der Waals surface area contributed by atoms with Crippen molar-refractivity contribution in [3.63, 3.8) is 0 Å². The van der Waals surface area contributed by atoms with Gasteiger partial charge in [-0.05, 0) is 37.1 Å². The fourth-order valence-electron chi connectivity index (χ4n) is 1.75. The number of rotatable bonds is 8. The first-order valence-corrected chi connectivity index (χ1v) is 8.64. The van der Waals surface area contributed by atoms with Crippen LogP contribution in [0.2, 0.25) is 0 Å². The highest BCUT2D eigenvalue weighted by molar-refractivity contribution is 7.99. The van der Waals surface area contributed by atoms with E-state index in [9.17, 15) is 13.6 Å². The number of hydrogen-bond donors (Lipinski definition) is 1. The van der Waals surface area contributed by atoms with Gasteiger partial charge in [0, 0.05) is 11.6 Å². The van der Waals surface area contributed by atoms with Gasteiger partial charge in [-0.2, -0.15) is 8.78 Å². The van der Waals surface area contributed by atoms with Gasteiger partial charge in [0.1, 0.15) is 5.75 Å². The van der Waals surface area contributed by atoms with Gasteiger partial charge in [0.25, 0.3) is 5.22 Å². The zero-order chi connectivity index (χ0) is 18.4. The van der Waals surface area contributed by atoms with E-state index in [1.807, 2.05) is 20.8 Å². The molecule has 0 aliphatic heterocycles. The Kier molecular flexibility index (Phi) is 6.74. The summed E-state index contributed by atoms with van der Waals surface area (Å²) in [5, 5.41) is 10.9. The minimum atomic E-state index is -2.87. The zero-order valence-corrected chi connectivity index (χ0v) is 14.8. The summed E-state index contributed by atoms with van der Waals surface area (Å²) in [6.07, 6.45) is 0. The maximum Gasteiger partial charge on any atom is 0.387 e. The number of alkyl halides is 2. The molecule has 0 aliphatic rings. The summed E-state index contributed by atoms with van der Waals surface area (Å²) in [6, 6.07) is 5.94. The van der Waals surface area contributed by atoms with Gasteiger partial charge in [-0.1, -0.05) is 25.6 Å². The van der Waals surface area contributed by atoms with Gasteiger partial charge in [0.05, 0.1) is 5.75 Å². The molecule has 0 spiro atoms. The highest BCUT2D eigenvalue weighted by Crippen LogP contribution is 2.25. The number of carbonyl (C=O) groups is 1. The Morgan fingerprint density at radius 1 is 1.24 bits per heavy atom. The lowest BCUT2D eigenvalue weighted by molar-refractivity contribution is -0.119. The van der Waals surface area contributed by atoms with Crippen molar-refractivity contribution < 1.29 is 22.7 Å². The van der Waals surface area contributed by atoms with Crippen LogP contribution in [0.4, 0.5) is 8.78 Å². The van der Waals surface area contributed by atoms with Crippen molar-refractivity contribution in [3.8, 4) is 17.2 Å². The first kappa shape index (κ1) is 19.2. The van der Waals surface area contributed by atoms with Crippen molar-refractivity contribution in [2.75, 3.05) is 5.75 Å². The number of halogens is 2. The van der Waals surface area contributed by atoms with Gasteiger partial charge in [0.15, 0.2) is 0 Å². The van der Waals surface area contributed by atoms with Crippen LogP contribution in [0.1, 0.15) is 20.8 Å². The molecule has 25 heavy (non-hydrogen) atoms. The Morgan fingerprint density at radius 3 is 2.52 bits per heavy atom. The van der Waals surface area contributed by atoms with Gasteiger partial charge >= 0.3 is 6.61 Å². The van der Waals surface area contributed by atoms with E-state index in [1.165, 1.54) is 24.3 Å². The number of nitrogens with one attached hydrogen (secondary N) is 1. The molecule has 0 aliphatic carbocycles. The molecule has 1 unspecified atom stereocenters. The lowest BCUT2D eigenvalue weighted by Crippen LogP contribution is -2.37. The van der Waals surface area contributed by atoms with E-state index >= 15 is 0 Å².